The van der Waals surface area contributed by atoms with E-state index < -0.39 is 0 Å². The molecule has 3 aromatic rings. The molecule has 2 aromatic carbocycles. The van der Waals surface area contributed by atoms with Crippen LogP contribution in [0, 0.1) is 24.7 Å². The van der Waals surface area contributed by atoms with Crippen LogP contribution in [0.25, 0.3) is 10.2 Å². The summed E-state index contributed by atoms with van der Waals surface area (Å²) in [6.45, 7) is 1.99. The molecule has 1 heterocycles. The van der Waals surface area contributed by atoms with Crippen molar-refractivity contribution >= 4 is 55.9 Å². The minimum atomic E-state index is -0.308. The van der Waals surface area contributed by atoms with E-state index in [1.54, 1.807) is 24.3 Å². The number of halogens is 1. The number of aromatic nitrogens is 1. The second-order valence-electron chi connectivity index (χ2n) is 8.89. The van der Waals surface area contributed by atoms with E-state index in [1.165, 1.54) is 11.3 Å². The monoisotopic (exact) mass is 484 g/mol. The second-order valence-corrected chi connectivity index (χ2v) is 10.3. The van der Waals surface area contributed by atoms with Crippen molar-refractivity contribution in [2.24, 2.45) is 17.8 Å². The van der Waals surface area contributed by atoms with E-state index in [2.05, 4.69) is 20.9 Å². The molecule has 2 aliphatic carbocycles. The number of hydrogen-bond donors (Lipinski definition) is 4. The molecule has 4 atom stereocenters. The number of anilines is 2. The van der Waals surface area contributed by atoms with Gasteiger partial charge in [-0.1, -0.05) is 35.1 Å². The Balaban J connectivity index is 1.27. The van der Waals surface area contributed by atoms with Gasteiger partial charge in [-0.15, -0.1) is 0 Å². The number of aryl methyl sites for hydroxylation is 1. The Bertz CT molecular complexity index is 1210. The number of aliphatic hydroxyl groups is 1. The van der Waals surface area contributed by atoms with Crippen molar-refractivity contribution in [2.45, 2.75) is 32.2 Å². The third-order valence-corrected chi connectivity index (χ3v) is 8.18. The summed E-state index contributed by atoms with van der Waals surface area (Å²) in [5.41, 5.74) is 2.66. The number of nitrogens with one attached hydrogen (secondary N) is 3. The fourth-order valence-corrected chi connectivity index (χ4v) is 6.45. The number of nitrogens with zero attached hydrogens (tertiary/aromatic N) is 1. The molecule has 1 aromatic heterocycles. The van der Waals surface area contributed by atoms with Crippen molar-refractivity contribution in [2.75, 3.05) is 17.2 Å². The van der Waals surface area contributed by atoms with Gasteiger partial charge in [0.15, 0.2) is 5.13 Å². The van der Waals surface area contributed by atoms with Crippen LogP contribution < -0.4 is 16.0 Å². The molecule has 2 saturated carbocycles. The van der Waals surface area contributed by atoms with Crippen LogP contribution in [0.1, 0.15) is 35.2 Å². The number of para-hydroxylation sites is 1. The number of thiazole rings is 1. The Morgan fingerprint density at radius 2 is 2.00 bits per heavy atom. The number of carbonyl (C=O) groups is 2. The Kier molecular flexibility index (Phi) is 5.99. The predicted molar refractivity (Wildman–Crippen MR) is 131 cm³/mol. The van der Waals surface area contributed by atoms with Crippen LogP contribution in [0.3, 0.4) is 0 Å². The number of aliphatic hydroxyl groups excluding tert-OH is 1. The highest BCUT2D eigenvalue weighted by molar-refractivity contribution is 7.22. The lowest BCUT2D eigenvalue weighted by molar-refractivity contribution is 0.102. The van der Waals surface area contributed by atoms with E-state index in [1.807, 2.05) is 19.1 Å². The van der Waals surface area contributed by atoms with E-state index in [-0.39, 0.29) is 30.5 Å². The van der Waals surface area contributed by atoms with Gasteiger partial charge >= 0.3 is 6.03 Å². The maximum absolute atomic E-state index is 12.8. The molecule has 172 valence electrons. The Morgan fingerprint density at radius 3 is 2.79 bits per heavy atom. The van der Waals surface area contributed by atoms with Gasteiger partial charge in [-0.25, -0.2) is 9.78 Å². The smallest absolute Gasteiger partial charge is 0.321 e. The van der Waals surface area contributed by atoms with Gasteiger partial charge < -0.3 is 15.7 Å². The third-order valence-electron chi connectivity index (χ3n) is 6.93. The third kappa shape index (κ3) is 4.30. The molecule has 3 unspecified atom stereocenters. The maximum atomic E-state index is 12.8. The Hall–Kier alpha value is -2.68. The molecule has 0 spiro atoms. The average molecular weight is 485 g/mol. The quantitative estimate of drug-likeness (QED) is 0.407. The van der Waals surface area contributed by atoms with E-state index in [0.29, 0.717) is 38.8 Å². The van der Waals surface area contributed by atoms with Gasteiger partial charge in [0.05, 0.1) is 20.9 Å². The number of rotatable bonds is 5. The van der Waals surface area contributed by atoms with E-state index in [4.69, 9.17) is 11.6 Å². The molecule has 0 radical (unpaired) electrons. The zero-order chi connectivity index (χ0) is 23.1. The second kappa shape index (κ2) is 8.93. The van der Waals surface area contributed by atoms with Gasteiger partial charge in [0, 0.05) is 24.1 Å². The summed E-state index contributed by atoms with van der Waals surface area (Å²) in [6.07, 6.45) is 3.32. The van der Waals surface area contributed by atoms with E-state index >= 15 is 0 Å². The van der Waals surface area contributed by atoms with Crippen molar-refractivity contribution in [3.05, 3.63) is 52.5 Å². The number of benzene rings is 2. The first-order valence-corrected chi connectivity index (χ1v) is 12.3. The highest BCUT2D eigenvalue weighted by atomic mass is 35.5. The molecule has 5 rings (SSSR count). The van der Waals surface area contributed by atoms with Crippen LogP contribution in [0.4, 0.5) is 15.6 Å². The van der Waals surface area contributed by atoms with Gasteiger partial charge in [0.1, 0.15) is 0 Å². The first-order chi connectivity index (χ1) is 15.9. The van der Waals surface area contributed by atoms with Crippen molar-refractivity contribution in [3.63, 3.8) is 0 Å². The van der Waals surface area contributed by atoms with E-state index in [9.17, 15) is 14.7 Å². The SMILES string of the molecule is Cc1cccc(Cl)c1NC(=O)c1ccc2nc(NC(=O)NC3C(CO)C4CC[C@H]3C4)sc2c1. The first kappa shape index (κ1) is 22.1. The van der Waals surface area contributed by atoms with Crippen LogP contribution >= 0.6 is 22.9 Å². The zero-order valence-corrected chi connectivity index (χ0v) is 19.7. The molecule has 2 fully saturated rings. The summed E-state index contributed by atoms with van der Waals surface area (Å²) < 4.78 is 0.794. The molecule has 33 heavy (non-hydrogen) atoms. The zero-order valence-electron chi connectivity index (χ0n) is 18.1. The van der Waals surface area contributed by atoms with Crippen LogP contribution in [-0.2, 0) is 0 Å². The van der Waals surface area contributed by atoms with Crippen molar-refractivity contribution in [1.82, 2.24) is 10.3 Å². The lowest BCUT2D eigenvalue weighted by Gasteiger charge is -2.30. The molecular weight excluding hydrogens is 460 g/mol. The minimum Gasteiger partial charge on any atom is -0.396 e. The first-order valence-electron chi connectivity index (χ1n) is 11.1. The van der Waals surface area contributed by atoms with Crippen molar-refractivity contribution < 1.29 is 14.7 Å². The standard InChI is InChI=1S/C24H25ClN4O3S/c1-12-3-2-4-17(25)20(12)27-22(31)15-7-8-18-19(10-15)33-24(26-18)29-23(32)28-21-14-6-5-13(9-14)16(21)11-30/h2-4,7-8,10,13-14,16,21,30H,5-6,9,11H2,1H3,(H,27,31)(H2,26,28,29,32)/t13?,14-,16?,21?/m0/s1. The molecule has 0 aliphatic heterocycles. The van der Waals surface area contributed by atoms with Crippen LogP contribution in [0.5, 0.6) is 0 Å². The van der Waals surface area contributed by atoms with Gasteiger partial charge in [-0.05, 0) is 67.9 Å². The minimum absolute atomic E-state index is 0.00620. The normalized spacial score (nSPS) is 23.6. The fraction of sp³-hybridized carbons (Fsp3) is 0.375. The summed E-state index contributed by atoms with van der Waals surface area (Å²) in [4.78, 5) is 29.9. The predicted octanol–water partition coefficient (Wildman–Crippen LogP) is 5.04. The van der Waals surface area contributed by atoms with Crippen LogP contribution in [-0.4, -0.2) is 34.7 Å². The Labute approximate surface area is 200 Å². The highest BCUT2D eigenvalue weighted by Gasteiger charge is 2.47. The topological polar surface area (TPSA) is 103 Å². The average Bonchev–Trinajstić information content (AvgIpc) is 3.49. The van der Waals surface area contributed by atoms with Crippen molar-refractivity contribution in [3.8, 4) is 0 Å². The molecule has 2 aliphatic rings. The molecule has 4 N–H and O–H groups in total. The lowest BCUT2D eigenvalue weighted by atomic mass is 9.85. The van der Waals surface area contributed by atoms with Crippen molar-refractivity contribution in [1.29, 1.82) is 0 Å². The fourth-order valence-electron chi connectivity index (χ4n) is 5.28. The molecular formula is C24H25ClN4O3S. The lowest BCUT2D eigenvalue weighted by Crippen LogP contribution is -2.46. The van der Waals surface area contributed by atoms with Gasteiger partial charge in [-0.2, -0.15) is 0 Å². The molecule has 9 heteroatoms. The summed E-state index contributed by atoms with van der Waals surface area (Å²) >= 11 is 7.54. The van der Waals surface area contributed by atoms with Crippen LogP contribution in [0.15, 0.2) is 36.4 Å². The highest BCUT2D eigenvalue weighted by Crippen LogP contribution is 2.48. The molecule has 2 bridgehead atoms. The maximum Gasteiger partial charge on any atom is 0.321 e. The summed E-state index contributed by atoms with van der Waals surface area (Å²) in [5, 5.41) is 19.4. The van der Waals surface area contributed by atoms with Gasteiger partial charge in [0.25, 0.3) is 5.91 Å². The number of fused-ring (bicyclic) bond motifs is 3. The molecule has 0 saturated heterocycles. The number of urea groups is 1. The number of amides is 3. The number of carbonyl (C=O) groups excluding carboxylic acids is 2. The van der Waals surface area contributed by atoms with Gasteiger partial charge in [0.2, 0.25) is 0 Å². The Morgan fingerprint density at radius 1 is 1.18 bits per heavy atom. The van der Waals surface area contributed by atoms with Gasteiger partial charge in [-0.3, -0.25) is 10.1 Å². The number of hydrogen-bond acceptors (Lipinski definition) is 5. The summed E-state index contributed by atoms with van der Waals surface area (Å²) in [5.74, 6) is 0.816. The van der Waals surface area contributed by atoms with E-state index in [0.717, 1.165) is 29.5 Å². The summed E-state index contributed by atoms with van der Waals surface area (Å²) in [6, 6.07) is 10.4. The summed E-state index contributed by atoms with van der Waals surface area (Å²) in [7, 11) is 0. The molecule has 7 nitrogen and oxygen atoms in total. The molecule has 3 amide bonds. The van der Waals surface area contributed by atoms with Crippen LogP contribution in [0.2, 0.25) is 5.02 Å². The largest absolute Gasteiger partial charge is 0.396 e.